The van der Waals surface area contributed by atoms with E-state index in [9.17, 15) is 14.7 Å². The lowest BCUT2D eigenvalue weighted by atomic mass is 9.80. The molecule has 0 radical (unpaired) electrons. The van der Waals surface area contributed by atoms with Gasteiger partial charge < -0.3 is 14.6 Å². The van der Waals surface area contributed by atoms with Gasteiger partial charge in [0.25, 0.3) is 0 Å². The largest absolute Gasteiger partial charge is 0.463 e. The molecule has 1 aliphatic rings. The Labute approximate surface area is 119 Å². The molecule has 0 aromatic carbocycles. The summed E-state index contributed by atoms with van der Waals surface area (Å²) in [5.74, 6) is -0.503. The predicted molar refractivity (Wildman–Crippen MR) is 73.9 cm³/mol. The van der Waals surface area contributed by atoms with Crippen molar-refractivity contribution in [1.82, 2.24) is 0 Å². The van der Waals surface area contributed by atoms with Crippen molar-refractivity contribution in [3.8, 4) is 0 Å². The maximum atomic E-state index is 11.9. The van der Waals surface area contributed by atoms with E-state index in [1.165, 1.54) is 6.08 Å². The lowest BCUT2D eigenvalue weighted by Gasteiger charge is -2.27. The first-order valence-electron chi connectivity index (χ1n) is 7.18. The molecule has 1 N–H and O–H groups in total. The van der Waals surface area contributed by atoms with Gasteiger partial charge in [-0.05, 0) is 25.7 Å². The van der Waals surface area contributed by atoms with Crippen LogP contribution in [-0.4, -0.2) is 36.4 Å². The van der Waals surface area contributed by atoms with Gasteiger partial charge in [0.1, 0.15) is 19.3 Å². The number of aliphatic hydroxyl groups is 1. The van der Waals surface area contributed by atoms with Gasteiger partial charge in [-0.3, -0.25) is 4.79 Å². The Morgan fingerprint density at radius 1 is 1.25 bits per heavy atom. The van der Waals surface area contributed by atoms with Crippen LogP contribution in [-0.2, 0) is 19.1 Å². The maximum Gasteiger partial charge on any atom is 0.330 e. The predicted octanol–water partition coefficient (Wildman–Crippen LogP) is 1.84. The second-order valence-electron chi connectivity index (χ2n) is 5.28. The number of aliphatic hydroxyl groups excluding tert-OH is 1. The minimum atomic E-state index is -0.980. The van der Waals surface area contributed by atoms with Crippen LogP contribution in [0.5, 0.6) is 0 Å². The van der Waals surface area contributed by atoms with Crippen LogP contribution in [0.15, 0.2) is 12.2 Å². The molecule has 0 aliphatic heterocycles. The fraction of sp³-hybridized carbons (Fsp3) is 0.733. The summed E-state index contributed by atoms with van der Waals surface area (Å²) in [7, 11) is 0. The van der Waals surface area contributed by atoms with E-state index in [1.54, 1.807) is 13.0 Å². The number of hydrogen-bond donors (Lipinski definition) is 1. The molecule has 3 atom stereocenters. The van der Waals surface area contributed by atoms with Crippen LogP contribution < -0.4 is 0 Å². The van der Waals surface area contributed by atoms with Crippen molar-refractivity contribution < 1.29 is 24.2 Å². The number of rotatable bonds is 6. The Bertz CT molecular complexity index is 350. The van der Waals surface area contributed by atoms with Gasteiger partial charge in [-0.15, -0.1) is 0 Å². The number of carbonyl (C=O) groups is 2. The van der Waals surface area contributed by atoms with Crippen molar-refractivity contribution >= 4 is 11.9 Å². The normalized spacial score (nSPS) is 24.4. The van der Waals surface area contributed by atoms with Gasteiger partial charge in [0.05, 0.1) is 5.92 Å². The van der Waals surface area contributed by atoms with Gasteiger partial charge in [-0.1, -0.05) is 25.8 Å². The average molecular weight is 284 g/mol. The van der Waals surface area contributed by atoms with E-state index in [0.29, 0.717) is 5.92 Å². The van der Waals surface area contributed by atoms with Crippen LogP contribution >= 0.6 is 0 Å². The highest BCUT2D eigenvalue weighted by Crippen LogP contribution is 2.30. The monoisotopic (exact) mass is 284 g/mol. The van der Waals surface area contributed by atoms with Crippen molar-refractivity contribution in [2.24, 2.45) is 11.8 Å². The second-order valence-corrected chi connectivity index (χ2v) is 5.28. The first-order valence-corrected chi connectivity index (χ1v) is 7.18. The molecular weight excluding hydrogens is 260 g/mol. The van der Waals surface area contributed by atoms with E-state index in [1.807, 2.05) is 0 Å². The van der Waals surface area contributed by atoms with Crippen molar-refractivity contribution in [1.29, 1.82) is 0 Å². The van der Waals surface area contributed by atoms with Crippen LogP contribution in [0, 0.1) is 11.8 Å². The molecule has 0 bridgehead atoms. The average Bonchev–Trinajstić information content (AvgIpc) is 2.43. The molecule has 1 rings (SSSR count). The molecule has 20 heavy (non-hydrogen) atoms. The highest BCUT2D eigenvalue weighted by atomic mass is 16.6. The van der Waals surface area contributed by atoms with E-state index in [4.69, 9.17) is 9.47 Å². The SMILES string of the molecule is C/C=C\C(=O)OCC(O)COC(=O)C1CCCC[C@H]1C. The van der Waals surface area contributed by atoms with Gasteiger partial charge in [0, 0.05) is 6.08 Å². The molecule has 5 heteroatoms. The first-order chi connectivity index (χ1) is 9.54. The summed E-state index contributed by atoms with van der Waals surface area (Å²) in [5, 5.41) is 9.60. The van der Waals surface area contributed by atoms with Gasteiger partial charge in [-0.2, -0.15) is 0 Å². The Morgan fingerprint density at radius 3 is 2.55 bits per heavy atom. The molecule has 0 heterocycles. The highest BCUT2D eigenvalue weighted by molar-refractivity contribution is 5.81. The molecule has 1 fully saturated rings. The molecule has 5 nitrogen and oxygen atoms in total. The molecular formula is C15H24O5. The third kappa shape index (κ3) is 5.74. The zero-order chi connectivity index (χ0) is 15.0. The van der Waals surface area contributed by atoms with Crippen LogP contribution in [0.25, 0.3) is 0 Å². The summed E-state index contributed by atoms with van der Waals surface area (Å²) in [5.41, 5.74) is 0. The van der Waals surface area contributed by atoms with Crippen LogP contribution in [0.2, 0.25) is 0 Å². The Hall–Kier alpha value is -1.36. The molecule has 0 aromatic rings. The highest BCUT2D eigenvalue weighted by Gasteiger charge is 2.29. The zero-order valence-corrected chi connectivity index (χ0v) is 12.2. The van der Waals surface area contributed by atoms with E-state index < -0.39 is 12.1 Å². The van der Waals surface area contributed by atoms with E-state index in [0.717, 1.165) is 25.7 Å². The fourth-order valence-corrected chi connectivity index (χ4v) is 2.36. The molecule has 0 saturated heterocycles. The molecule has 2 unspecified atom stereocenters. The lowest BCUT2D eigenvalue weighted by Crippen LogP contribution is -2.31. The van der Waals surface area contributed by atoms with Crippen LogP contribution in [0.3, 0.4) is 0 Å². The molecule has 0 spiro atoms. The number of allylic oxidation sites excluding steroid dienone is 1. The number of ether oxygens (including phenoxy) is 2. The van der Waals surface area contributed by atoms with Gasteiger partial charge in [0.15, 0.2) is 0 Å². The number of hydrogen-bond acceptors (Lipinski definition) is 5. The van der Waals surface area contributed by atoms with Crippen molar-refractivity contribution in [3.05, 3.63) is 12.2 Å². The Morgan fingerprint density at radius 2 is 1.90 bits per heavy atom. The van der Waals surface area contributed by atoms with Gasteiger partial charge >= 0.3 is 11.9 Å². The molecule has 0 amide bonds. The van der Waals surface area contributed by atoms with E-state index in [-0.39, 0.29) is 25.1 Å². The summed E-state index contributed by atoms with van der Waals surface area (Å²) >= 11 is 0. The summed E-state index contributed by atoms with van der Waals surface area (Å²) in [4.78, 5) is 22.9. The minimum absolute atomic E-state index is 0.0680. The van der Waals surface area contributed by atoms with Crippen molar-refractivity contribution in [3.63, 3.8) is 0 Å². The summed E-state index contributed by atoms with van der Waals surface area (Å²) in [6.45, 7) is 3.45. The van der Waals surface area contributed by atoms with Crippen molar-refractivity contribution in [2.45, 2.75) is 45.6 Å². The topological polar surface area (TPSA) is 72.8 Å². The summed E-state index contributed by atoms with van der Waals surface area (Å²) in [6, 6.07) is 0. The fourth-order valence-electron chi connectivity index (χ4n) is 2.36. The lowest BCUT2D eigenvalue weighted by molar-refractivity contribution is -0.156. The summed E-state index contributed by atoms with van der Waals surface area (Å²) in [6.07, 6.45) is 5.95. The third-order valence-corrected chi connectivity index (χ3v) is 3.55. The maximum absolute atomic E-state index is 11.9. The smallest absolute Gasteiger partial charge is 0.330 e. The standard InChI is InChI=1S/C15H24O5/c1-3-6-14(17)19-9-12(16)10-20-15(18)13-8-5-4-7-11(13)2/h3,6,11-13,16H,4-5,7-10H2,1-2H3/b6-3-/t11-,12?,13?/m1/s1. The molecule has 1 aliphatic carbocycles. The first kappa shape index (κ1) is 16.7. The van der Waals surface area contributed by atoms with Crippen LogP contribution in [0.4, 0.5) is 0 Å². The zero-order valence-electron chi connectivity index (χ0n) is 12.2. The van der Waals surface area contributed by atoms with E-state index in [2.05, 4.69) is 6.92 Å². The summed E-state index contributed by atoms with van der Waals surface area (Å²) < 4.78 is 9.88. The van der Waals surface area contributed by atoms with Gasteiger partial charge in [0.2, 0.25) is 0 Å². The molecule has 114 valence electrons. The van der Waals surface area contributed by atoms with Crippen LogP contribution in [0.1, 0.15) is 39.5 Å². The second kappa shape index (κ2) is 8.74. The number of esters is 2. The third-order valence-electron chi connectivity index (χ3n) is 3.55. The Balaban J connectivity index is 2.24. The quantitative estimate of drug-likeness (QED) is 0.595. The van der Waals surface area contributed by atoms with Gasteiger partial charge in [-0.25, -0.2) is 4.79 Å². The van der Waals surface area contributed by atoms with Crippen molar-refractivity contribution in [2.75, 3.05) is 13.2 Å². The Kier molecular flexibility index (Phi) is 7.30. The molecule has 1 saturated carbocycles. The minimum Gasteiger partial charge on any atom is -0.463 e. The van der Waals surface area contributed by atoms with E-state index >= 15 is 0 Å². The number of carbonyl (C=O) groups excluding carboxylic acids is 2. The molecule has 0 aromatic heterocycles.